The van der Waals surface area contributed by atoms with Crippen molar-refractivity contribution < 1.29 is 14.3 Å². The van der Waals surface area contributed by atoms with Crippen molar-refractivity contribution >= 4 is 23.2 Å². The van der Waals surface area contributed by atoms with Crippen molar-refractivity contribution in [3.8, 4) is 5.06 Å². The number of carbonyl (C=O) groups excluding carboxylic acids is 2. The Bertz CT molecular complexity index is 805. The lowest BCUT2D eigenvalue weighted by molar-refractivity contribution is -0.187. The van der Waals surface area contributed by atoms with Crippen molar-refractivity contribution in [2.24, 2.45) is 0 Å². The molecule has 6 heteroatoms. The van der Waals surface area contributed by atoms with E-state index in [1.807, 2.05) is 24.4 Å². The fourth-order valence-corrected chi connectivity index (χ4v) is 4.35. The zero-order chi connectivity index (χ0) is 20.1. The second kappa shape index (κ2) is 9.24. The van der Waals surface area contributed by atoms with E-state index in [1.165, 1.54) is 28.8 Å². The summed E-state index contributed by atoms with van der Waals surface area (Å²) in [4.78, 5) is 24.6. The van der Waals surface area contributed by atoms with Crippen LogP contribution in [-0.4, -0.2) is 41.0 Å². The molecule has 1 aromatic heterocycles. The molecule has 0 spiro atoms. The summed E-state index contributed by atoms with van der Waals surface area (Å²) in [6.07, 6.45) is 2.41. The van der Waals surface area contributed by atoms with Gasteiger partial charge < -0.3 is 4.74 Å². The van der Waals surface area contributed by atoms with Gasteiger partial charge in [-0.25, -0.2) is 5.01 Å². The molecular weight excluding hydrogens is 372 g/mol. The molecule has 3 rings (SSSR count). The molecule has 0 saturated carbocycles. The van der Waals surface area contributed by atoms with Crippen LogP contribution in [0.3, 0.4) is 0 Å². The van der Waals surface area contributed by atoms with E-state index < -0.39 is 6.10 Å². The summed E-state index contributed by atoms with van der Waals surface area (Å²) in [6, 6.07) is 12.4. The smallest absolute Gasteiger partial charge is 0.284 e. The molecule has 0 N–H and O–H groups in total. The molecular formula is C22H28N2O3S. The number of hydrogen-bond donors (Lipinski definition) is 0. The van der Waals surface area contributed by atoms with Crippen LogP contribution in [0.25, 0.3) is 0 Å². The fraction of sp³-hybridized carbons (Fsp3) is 0.455. The number of hydrogen-bond acceptors (Lipinski definition) is 4. The van der Waals surface area contributed by atoms with E-state index in [0.29, 0.717) is 19.0 Å². The summed E-state index contributed by atoms with van der Waals surface area (Å²) in [5.74, 6) is 0.225. The first kappa shape index (κ1) is 20.4. The molecule has 5 nitrogen and oxygen atoms in total. The van der Waals surface area contributed by atoms with E-state index >= 15 is 0 Å². The van der Waals surface area contributed by atoms with Gasteiger partial charge in [-0.05, 0) is 54.7 Å². The topological polar surface area (TPSA) is 49.9 Å². The van der Waals surface area contributed by atoms with Crippen LogP contribution in [0.15, 0.2) is 41.8 Å². The molecule has 2 heterocycles. The third-order valence-corrected chi connectivity index (χ3v) is 6.11. The molecule has 150 valence electrons. The molecule has 0 bridgehead atoms. The number of amides is 2. The summed E-state index contributed by atoms with van der Waals surface area (Å²) in [5, 5.41) is 5.84. The van der Waals surface area contributed by atoms with Gasteiger partial charge in [0.15, 0.2) is 11.2 Å². The van der Waals surface area contributed by atoms with Crippen LogP contribution in [0, 0.1) is 6.92 Å². The van der Waals surface area contributed by atoms with Crippen LogP contribution in [0.2, 0.25) is 0 Å². The number of benzene rings is 1. The first-order valence-corrected chi connectivity index (χ1v) is 10.7. The highest BCUT2D eigenvalue weighted by atomic mass is 32.1. The van der Waals surface area contributed by atoms with E-state index in [2.05, 4.69) is 31.2 Å². The van der Waals surface area contributed by atoms with Crippen molar-refractivity contribution in [2.75, 3.05) is 13.1 Å². The molecule has 2 unspecified atom stereocenters. The highest BCUT2D eigenvalue weighted by molar-refractivity contribution is 7.12. The Morgan fingerprint density at radius 3 is 2.68 bits per heavy atom. The summed E-state index contributed by atoms with van der Waals surface area (Å²) in [5.41, 5.74) is 2.46. The zero-order valence-electron chi connectivity index (χ0n) is 16.8. The Morgan fingerprint density at radius 1 is 1.36 bits per heavy atom. The Labute approximate surface area is 170 Å². The Hall–Kier alpha value is -2.34. The summed E-state index contributed by atoms with van der Waals surface area (Å²) in [7, 11) is 0. The number of ether oxygens (including phenoxy) is 1. The summed E-state index contributed by atoms with van der Waals surface area (Å²) >= 11 is 1.49. The maximum absolute atomic E-state index is 12.5. The zero-order valence-corrected chi connectivity index (χ0v) is 17.6. The molecule has 1 aliphatic rings. The van der Waals surface area contributed by atoms with Crippen LogP contribution in [-0.2, 0) is 9.59 Å². The van der Waals surface area contributed by atoms with E-state index in [4.69, 9.17) is 4.74 Å². The van der Waals surface area contributed by atoms with Gasteiger partial charge in [-0.3, -0.25) is 14.6 Å². The second-order valence-electron chi connectivity index (χ2n) is 7.27. The van der Waals surface area contributed by atoms with Gasteiger partial charge in [-0.2, -0.15) is 0 Å². The SMILES string of the molecule is CCC(CCCN(C(C)=O)N1CC(Oc2cc(C)cs2)C1=O)c1ccccc1. The predicted octanol–water partition coefficient (Wildman–Crippen LogP) is 4.38. The Kier molecular flexibility index (Phi) is 6.73. The number of hydrazine groups is 1. The lowest BCUT2D eigenvalue weighted by Gasteiger charge is -2.44. The molecule has 2 aromatic rings. The van der Waals surface area contributed by atoms with Crippen LogP contribution in [0.5, 0.6) is 5.06 Å². The number of aryl methyl sites for hydroxylation is 1. The number of β-lactam (4-membered cyclic amide) rings is 1. The molecule has 28 heavy (non-hydrogen) atoms. The quantitative estimate of drug-likeness (QED) is 0.587. The molecule has 1 saturated heterocycles. The number of nitrogens with zero attached hydrogens (tertiary/aromatic N) is 2. The van der Waals surface area contributed by atoms with Crippen molar-refractivity contribution in [3.05, 3.63) is 52.9 Å². The monoisotopic (exact) mass is 400 g/mol. The van der Waals surface area contributed by atoms with Crippen molar-refractivity contribution in [2.45, 2.75) is 52.1 Å². The molecule has 0 aliphatic carbocycles. The minimum Gasteiger partial charge on any atom is -0.469 e. The molecule has 1 aromatic carbocycles. The van der Waals surface area contributed by atoms with Gasteiger partial charge in [0.1, 0.15) is 0 Å². The summed E-state index contributed by atoms with van der Waals surface area (Å²) in [6.45, 7) is 6.67. The molecule has 1 fully saturated rings. The average molecular weight is 401 g/mol. The highest BCUT2D eigenvalue weighted by Gasteiger charge is 2.43. The van der Waals surface area contributed by atoms with Crippen LogP contribution in [0.4, 0.5) is 0 Å². The van der Waals surface area contributed by atoms with Gasteiger partial charge in [0.25, 0.3) is 5.91 Å². The third kappa shape index (κ3) is 4.73. The standard InChI is InChI=1S/C22H28N2O3S/c1-4-18(19-9-6-5-7-10-19)11-8-12-23(17(3)25)24-14-20(22(24)26)27-21-13-16(2)15-28-21/h5-7,9-10,13,15,18,20H,4,8,11-12,14H2,1-3H3. The Morgan fingerprint density at radius 2 is 2.11 bits per heavy atom. The second-order valence-corrected chi connectivity index (χ2v) is 8.14. The number of carbonyl (C=O) groups is 2. The number of thiophene rings is 1. The van der Waals surface area contributed by atoms with E-state index in [0.717, 1.165) is 29.9 Å². The molecule has 2 amide bonds. The third-order valence-electron chi connectivity index (χ3n) is 5.17. The fourth-order valence-electron chi connectivity index (χ4n) is 3.56. The molecule has 1 aliphatic heterocycles. The largest absolute Gasteiger partial charge is 0.469 e. The maximum Gasteiger partial charge on any atom is 0.284 e. The molecule has 0 radical (unpaired) electrons. The van der Waals surface area contributed by atoms with E-state index in [9.17, 15) is 9.59 Å². The average Bonchev–Trinajstić information content (AvgIpc) is 3.11. The van der Waals surface area contributed by atoms with Crippen LogP contribution < -0.4 is 4.74 Å². The maximum atomic E-state index is 12.5. The van der Waals surface area contributed by atoms with Gasteiger partial charge >= 0.3 is 0 Å². The van der Waals surface area contributed by atoms with E-state index in [-0.39, 0.29) is 11.8 Å². The first-order valence-electron chi connectivity index (χ1n) is 9.85. The Balaban J connectivity index is 1.51. The van der Waals surface area contributed by atoms with Crippen LogP contribution in [0.1, 0.15) is 50.2 Å². The first-order chi connectivity index (χ1) is 13.5. The normalized spacial score (nSPS) is 17.2. The van der Waals surface area contributed by atoms with Crippen molar-refractivity contribution in [3.63, 3.8) is 0 Å². The predicted molar refractivity (Wildman–Crippen MR) is 111 cm³/mol. The lowest BCUT2D eigenvalue weighted by atomic mass is 9.92. The van der Waals surface area contributed by atoms with Crippen molar-refractivity contribution in [1.29, 1.82) is 0 Å². The van der Waals surface area contributed by atoms with Gasteiger partial charge in [-0.15, -0.1) is 11.3 Å². The molecule has 2 atom stereocenters. The van der Waals surface area contributed by atoms with Gasteiger partial charge in [0.2, 0.25) is 5.91 Å². The highest BCUT2D eigenvalue weighted by Crippen LogP contribution is 2.28. The van der Waals surface area contributed by atoms with Crippen molar-refractivity contribution in [1.82, 2.24) is 10.0 Å². The van der Waals surface area contributed by atoms with E-state index in [1.54, 1.807) is 5.01 Å². The minimum atomic E-state index is -0.493. The minimum absolute atomic E-state index is 0.105. The van der Waals surface area contributed by atoms with Gasteiger partial charge in [0, 0.05) is 13.5 Å². The summed E-state index contributed by atoms with van der Waals surface area (Å²) < 4.78 is 5.75. The van der Waals surface area contributed by atoms with Crippen LogP contribution >= 0.6 is 11.3 Å². The number of rotatable bonds is 9. The van der Waals surface area contributed by atoms with Gasteiger partial charge in [-0.1, -0.05) is 37.3 Å². The lowest BCUT2D eigenvalue weighted by Crippen LogP contribution is -2.66. The van der Waals surface area contributed by atoms with Gasteiger partial charge in [0.05, 0.1) is 6.54 Å².